The van der Waals surface area contributed by atoms with E-state index in [1.54, 1.807) is 6.92 Å². The Morgan fingerprint density at radius 3 is 2.50 bits per heavy atom. The maximum absolute atomic E-state index is 12.8. The molecule has 1 aliphatic rings. The number of β-amino-alcohol motifs (C(OH)–C–C–N with tert-alkyl or cyclic N) is 1. The van der Waals surface area contributed by atoms with E-state index in [4.69, 9.17) is 21.4 Å². The van der Waals surface area contributed by atoms with Crippen LogP contribution in [0, 0.1) is 0 Å². The van der Waals surface area contributed by atoms with E-state index in [-0.39, 0.29) is 22.8 Å². The number of nitrogens with zero attached hydrogens (tertiary/aromatic N) is 2. The number of carbonyl (C=O) groups is 1. The summed E-state index contributed by atoms with van der Waals surface area (Å²) in [5.41, 5.74) is 0.0403. The molecule has 1 heterocycles. The molecule has 0 amide bonds. The van der Waals surface area contributed by atoms with Gasteiger partial charge in [-0.05, 0) is 36.7 Å². The number of aliphatic hydroxyl groups is 1. The summed E-state index contributed by atoms with van der Waals surface area (Å²) in [5.74, 6) is 0.268. The molecule has 0 aliphatic carbocycles. The number of aliphatic hydroxyl groups excluding tert-OH is 1. The number of hydrogen-bond acceptors (Lipinski definition) is 6. The van der Waals surface area contributed by atoms with Crippen LogP contribution in [0.4, 0.5) is 0 Å². The first-order valence-electron chi connectivity index (χ1n) is 7.70. The fraction of sp³-hybridized carbons (Fsp3) is 0.533. The van der Waals surface area contributed by atoms with Gasteiger partial charge in [0.05, 0.1) is 23.7 Å². The lowest BCUT2D eigenvalue weighted by Gasteiger charge is -2.33. The predicted octanol–water partition coefficient (Wildman–Crippen LogP) is 0.763. The minimum atomic E-state index is -3.71. The highest BCUT2D eigenvalue weighted by molar-refractivity contribution is 7.89. The van der Waals surface area contributed by atoms with Gasteiger partial charge in [0.15, 0.2) is 0 Å². The molecule has 24 heavy (non-hydrogen) atoms. The van der Waals surface area contributed by atoms with Crippen molar-refractivity contribution in [2.75, 3.05) is 45.9 Å². The van der Waals surface area contributed by atoms with Gasteiger partial charge in [0, 0.05) is 32.7 Å². The number of hydrogen-bond donors (Lipinski definition) is 1. The van der Waals surface area contributed by atoms with Crippen LogP contribution in [0.2, 0.25) is 0 Å². The molecule has 2 rings (SSSR count). The summed E-state index contributed by atoms with van der Waals surface area (Å²) < 4.78 is 32.2. The van der Waals surface area contributed by atoms with Crippen molar-refractivity contribution in [3.05, 3.63) is 23.8 Å². The molecule has 0 saturated carbocycles. The van der Waals surface area contributed by atoms with Crippen molar-refractivity contribution >= 4 is 26.9 Å². The van der Waals surface area contributed by atoms with Gasteiger partial charge in [-0.15, -0.1) is 0 Å². The molecule has 1 saturated heterocycles. The van der Waals surface area contributed by atoms with Gasteiger partial charge in [-0.3, -0.25) is 9.69 Å². The monoisotopic (exact) mass is 376 g/mol. The standard InChI is InChI=1S/C15H21ClN2O5S/c1-2-23-14-4-3-12(11-13(14)15(16)20)24(21,22)18-7-5-17(6-8-18)9-10-19/h3-4,11,19H,2,5-10H2,1H3. The Kier molecular flexibility index (Phi) is 6.59. The maximum atomic E-state index is 12.8. The highest BCUT2D eigenvalue weighted by Crippen LogP contribution is 2.26. The molecule has 0 spiro atoms. The number of carbonyl (C=O) groups excluding carboxylic acids is 1. The smallest absolute Gasteiger partial charge is 0.256 e. The molecule has 0 radical (unpaired) electrons. The fourth-order valence-corrected chi connectivity index (χ4v) is 4.19. The Hall–Kier alpha value is -1.19. The fourth-order valence-electron chi connectivity index (χ4n) is 2.59. The van der Waals surface area contributed by atoms with E-state index in [1.165, 1.54) is 22.5 Å². The Bertz CT molecular complexity index is 687. The quantitative estimate of drug-likeness (QED) is 0.707. The number of sulfonamides is 1. The lowest BCUT2D eigenvalue weighted by Crippen LogP contribution is -2.49. The molecule has 0 bridgehead atoms. The largest absolute Gasteiger partial charge is 0.493 e. The van der Waals surface area contributed by atoms with Crippen molar-refractivity contribution in [3.63, 3.8) is 0 Å². The molecular formula is C15H21ClN2O5S. The number of benzene rings is 1. The third-order valence-corrected chi connectivity index (χ3v) is 5.95. The van der Waals surface area contributed by atoms with Crippen LogP contribution in [-0.4, -0.2) is 73.9 Å². The van der Waals surface area contributed by atoms with Crippen LogP contribution in [0.15, 0.2) is 23.1 Å². The average Bonchev–Trinajstić information content (AvgIpc) is 2.56. The Morgan fingerprint density at radius 2 is 1.96 bits per heavy atom. The second-order valence-corrected chi connectivity index (χ2v) is 7.62. The molecule has 0 aromatic heterocycles. The summed E-state index contributed by atoms with van der Waals surface area (Å²) in [7, 11) is -3.71. The molecule has 9 heteroatoms. The van der Waals surface area contributed by atoms with Gasteiger partial charge >= 0.3 is 0 Å². The highest BCUT2D eigenvalue weighted by atomic mass is 35.5. The molecule has 1 N–H and O–H groups in total. The first-order chi connectivity index (χ1) is 11.4. The van der Waals surface area contributed by atoms with Gasteiger partial charge in [-0.2, -0.15) is 4.31 Å². The molecule has 1 aromatic rings. The summed E-state index contributed by atoms with van der Waals surface area (Å²) in [5, 5.41) is 8.18. The SMILES string of the molecule is CCOc1ccc(S(=O)(=O)N2CCN(CCO)CC2)cc1C(=O)Cl. The lowest BCUT2D eigenvalue weighted by molar-refractivity contribution is 0.107. The zero-order valence-corrected chi connectivity index (χ0v) is 15.0. The van der Waals surface area contributed by atoms with E-state index in [9.17, 15) is 13.2 Å². The topological polar surface area (TPSA) is 87.2 Å². The summed E-state index contributed by atoms with van der Waals surface area (Å²) in [6.45, 7) is 4.46. The Labute approximate surface area is 146 Å². The van der Waals surface area contributed by atoms with Gasteiger partial charge in [-0.25, -0.2) is 8.42 Å². The number of ether oxygens (including phenoxy) is 1. The van der Waals surface area contributed by atoms with Crippen LogP contribution in [0.3, 0.4) is 0 Å². The number of halogens is 1. The van der Waals surface area contributed by atoms with Crippen LogP contribution in [0.25, 0.3) is 0 Å². The lowest BCUT2D eigenvalue weighted by atomic mass is 10.2. The maximum Gasteiger partial charge on any atom is 0.256 e. The Balaban J connectivity index is 2.23. The van der Waals surface area contributed by atoms with Crippen molar-refractivity contribution in [1.82, 2.24) is 9.21 Å². The first kappa shape index (κ1) is 19.1. The molecule has 1 aromatic carbocycles. The number of rotatable bonds is 7. The van der Waals surface area contributed by atoms with Crippen LogP contribution in [0.5, 0.6) is 5.75 Å². The highest BCUT2D eigenvalue weighted by Gasteiger charge is 2.29. The summed E-state index contributed by atoms with van der Waals surface area (Å²) in [4.78, 5) is 13.6. The molecule has 0 atom stereocenters. The molecular weight excluding hydrogens is 356 g/mol. The molecule has 1 fully saturated rings. The minimum Gasteiger partial charge on any atom is -0.493 e. The summed E-state index contributed by atoms with van der Waals surface area (Å²) in [6.07, 6.45) is 0. The average molecular weight is 377 g/mol. The van der Waals surface area contributed by atoms with Crippen LogP contribution in [0.1, 0.15) is 17.3 Å². The van der Waals surface area contributed by atoms with Gasteiger partial charge in [0.25, 0.3) is 5.24 Å². The van der Waals surface area contributed by atoms with Crippen LogP contribution < -0.4 is 4.74 Å². The van der Waals surface area contributed by atoms with Crippen LogP contribution in [-0.2, 0) is 10.0 Å². The van der Waals surface area contributed by atoms with Gasteiger partial charge < -0.3 is 9.84 Å². The zero-order valence-electron chi connectivity index (χ0n) is 13.4. The normalized spacial score (nSPS) is 17.0. The molecule has 0 unspecified atom stereocenters. The van der Waals surface area contributed by atoms with E-state index in [2.05, 4.69) is 0 Å². The third kappa shape index (κ3) is 4.25. The van der Waals surface area contributed by atoms with Crippen molar-refractivity contribution in [2.24, 2.45) is 0 Å². The van der Waals surface area contributed by atoms with Gasteiger partial charge in [0.2, 0.25) is 10.0 Å². The van der Waals surface area contributed by atoms with E-state index in [1.807, 2.05) is 4.90 Å². The molecule has 1 aliphatic heterocycles. The minimum absolute atomic E-state index is 0.0190. The Morgan fingerprint density at radius 1 is 1.29 bits per heavy atom. The summed E-state index contributed by atoms with van der Waals surface area (Å²) >= 11 is 5.55. The summed E-state index contributed by atoms with van der Waals surface area (Å²) in [6, 6.07) is 4.13. The van der Waals surface area contributed by atoms with Crippen molar-refractivity contribution in [3.8, 4) is 5.75 Å². The van der Waals surface area contributed by atoms with Crippen molar-refractivity contribution in [2.45, 2.75) is 11.8 Å². The predicted molar refractivity (Wildman–Crippen MR) is 90.1 cm³/mol. The number of piperazine rings is 1. The molecule has 134 valence electrons. The van der Waals surface area contributed by atoms with E-state index in [0.717, 1.165) is 0 Å². The van der Waals surface area contributed by atoms with E-state index in [0.29, 0.717) is 39.3 Å². The van der Waals surface area contributed by atoms with Crippen molar-refractivity contribution in [1.29, 1.82) is 0 Å². The third-order valence-electron chi connectivity index (χ3n) is 3.85. The first-order valence-corrected chi connectivity index (χ1v) is 9.52. The second kappa shape index (κ2) is 8.26. The van der Waals surface area contributed by atoms with Gasteiger partial charge in [-0.1, -0.05) is 0 Å². The van der Waals surface area contributed by atoms with Crippen LogP contribution >= 0.6 is 11.6 Å². The van der Waals surface area contributed by atoms with Crippen molar-refractivity contribution < 1.29 is 23.1 Å². The zero-order chi connectivity index (χ0) is 17.7. The molecule has 7 nitrogen and oxygen atoms in total. The van der Waals surface area contributed by atoms with E-state index >= 15 is 0 Å². The van der Waals surface area contributed by atoms with E-state index < -0.39 is 15.3 Å². The second-order valence-electron chi connectivity index (χ2n) is 5.33. The van der Waals surface area contributed by atoms with Gasteiger partial charge in [0.1, 0.15) is 5.75 Å².